The predicted molar refractivity (Wildman–Crippen MR) is 137 cm³/mol. The van der Waals surface area contributed by atoms with Gasteiger partial charge in [0.2, 0.25) is 0 Å². The molecule has 1 heterocycles. The van der Waals surface area contributed by atoms with Gasteiger partial charge in [-0.15, -0.1) is 11.8 Å². The zero-order chi connectivity index (χ0) is 24.4. The number of aliphatic hydroxyl groups excluding tert-OH is 1. The van der Waals surface area contributed by atoms with Crippen molar-refractivity contribution in [3.63, 3.8) is 0 Å². The van der Waals surface area contributed by atoms with E-state index in [1.54, 1.807) is 9.80 Å². The van der Waals surface area contributed by atoms with Crippen LogP contribution < -0.4 is 0 Å². The van der Waals surface area contributed by atoms with Gasteiger partial charge in [0.05, 0.1) is 12.0 Å². The molecule has 0 unspecified atom stereocenters. The molecule has 1 atom stereocenters. The van der Waals surface area contributed by atoms with Gasteiger partial charge in [0.25, 0.3) is 0 Å². The third kappa shape index (κ3) is 8.51. The topological polar surface area (TPSA) is 101 Å². The molecule has 0 aliphatic carbocycles. The highest BCUT2D eigenvalue weighted by Crippen LogP contribution is 2.38. The maximum atomic E-state index is 13.2. The molecule has 1 fully saturated rings. The lowest BCUT2D eigenvalue weighted by Crippen LogP contribution is -2.36. The third-order valence-electron chi connectivity index (χ3n) is 5.67. The Hall–Kier alpha value is -2.25. The molecule has 0 radical (unpaired) electrons. The van der Waals surface area contributed by atoms with E-state index in [4.69, 9.17) is 9.79 Å². The molecule has 9 heteroatoms. The van der Waals surface area contributed by atoms with Crippen molar-refractivity contribution in [3.8, 4) is 0 Å². The summed E-state index contributed by atoms with van der Waals surface area (Å²) in [5, 5.41) is 10.9. The molecule has 1 saturated heterocycles. The minimum Gasteiger partial charge on any atom is -0.510 e. The quantitative estimate of drug-likeness (QED) is 0.201. The van der Waals surface area contributed by atoms with Gasteiger partial charge in [-0.2, -0.15) is 0 Å². The number of benzene rings is 2. The van der Waals surface area contributed by atoms with Gasteiger partial charge in [0, 0.05) is 13.1 Å². The lowest BCUT2D eigenvalue weighted by atomic mass is 10.1. The van der Waals surface area contributed by atoms with E-state index in [9.17, 15) is 14.5 Å². The number of thioether (sulfide) groups is 1. The number of aliphatic hydroxyl groups is 1. The van der Waals surface area contributed by atoms with Crippen LogP contribution in [0.25, 0.3) is 0 Å². The Morgan fingerprint density at radius 1 is 1.03 bits per heavy atom. The zero-order valence-electron chi connectivity index (χ0n) is 19.2. The van der Waals surface area contributed by atoms with Crippen LogP contribution >= 0.6 is 19.4 Å². The van der Waals surface area contributed by atoms with Crippen molar-refractivity contribution in [1.29, 1.82) is 0 Å². The molecule has 0 saturated carbocycles. The molecule has 0 spiro atoms. The molecular formula is C25H33N2O5PS. The van der Waals surface area contributed by atoms with Gasteiger partial charge >= 0.3 is 13.6 Å². The normalized spacial score (nSPS) is 16.9. The number of unbranched alkanes of at least 4 members (excludes halogenated alkanes) is 1. The van der Waals surface area contributed by atoms with Gasteiger partial charge in [-0.1, -0.05) is 60.7 Å². The van der Waals surface area contributed by atoms with Gasteiger partial charge in [-0.25, -0.2) is 4.79 Å². The summed E-state index contributed by atoms with van der Waals surface area (Å²) in [5.41, 5.74) is 2.05. The van der Waals surface area contributed by atoms with E-state index in [1.807, 2.05) is 54.6 Å². The van der Waals surface area contributed by atoms with Crippen LogP contribution in [0.5, 0.6) is 0 Å². The summed E-state index contributed by atoms with van der Waals surface area (Å²) >= 11 is 1.22. The first-order valence-corrected chi connectivity index (χ1v) is 14.4. The second-order valence-electron chi connectivity index (χ2n) is 8.42. The molecule has 2 aromatic rings. The summed E-state index contributed by atoms with van der Waals surface area (Å²) in [4.78, 5) is 34.6. The Labute approximate surface area is 205 Å². The van der Waals surface area contributed by atoms with E-state index >= 15 is 0 Å². The van der Waals surface area contributed by atoms with Crippen LogP contribution in [0.3, 0.4) is 0 Å². The van der Waals surface area contributed by atoms with Crippen LogP contribution in [0.4, 0.5) is 4.79 Å². The molecule has 1 aliphatic heterocycles. The second-order valence-corrected chi connectivity index (χ2v) is 11.6. The number of carbonyl (C=O) groups is 1. The van der Waals surface area contributed by atoms with E-state index in [-0.39, 0.29) is 17.3 Å². The Morgan fingerprint density at radius 2 is 1.68 bits per heavy atom. The van der Waals surface area contributed by atoms with Crippen LogP contribution in [0.15, 0.2) is 72.5 Å². The highest BCUT2D eigenvalue weighted by atomic mass is 32.2. The highest BCUT2D eigenvalue weighted by Gasteiger charge is 2.38. The molecule has 0 aromatic heterocycles. The van der Waals surface area contributed by atoms with Gasteiger partial charge in [0.15, 0.2) is 0 Å². The lowest BCUT2D eigenvalue weighted by molar-refractivity contribution is 0.181. The molecule has 2 aromatic carbocycles. The van der Waals surface area contributed by atoms with Crippen molar-refractivity contribution in [1.82, 2.24) is 9.80 Å². The number of allylic oxidation sites excluding steroid dienone is 1. The van der Waals surface area contributed by atoms with Crippen LogP contribution in [0.1, 0.15) is 30.4 Å². The van der Waals surface area contributed by atoms with Crippen LogP contribution in [-0.4, -0.2) is 61.1 Å². The maximum absolute atomic E-state index is 13.2. The fourth-order valence-corrected chi connectivity index (χ4v) is 5.85. The van der Waals surface area contributed by atoms with Crippen LogP contribution in [0.2, 0.25) is 0 Å². The number of rotatable bonds is 13. The van der Waals surface area contributed by atoms with Crippen LogP contribution in [-0.2, 0) is 17.5 Å². The van der Waals surface area contributed by atoms with E-state index in [1.165, 1.54) is 17.3 Å². The molecule has 184 valence electrons. The van der Waals surface area contributed by atoms with Crippen molar-refractivity contribution >= 4 is 25.4 Å². The summed E-state index contributed by atoms with van der Waals surface area (Å²) < 4.78 is 11.0. The first kappa shape index (κ1) is 26.4. The number of nitrogens with zero attached hydrogens (tertiary/aromatic N) is 2. The number of aryl methyl sites for hydroxylation is 1. The molecule has 3 N–H and O–H groups in total. The first-order chi connectivity index (χ1) is 16.3. The SMILES string of the molecule is O=C1N(Cc2ccccc2)C[C@@H](C(O)=CCCc2ccccc2)N1CCCCSCP(=O)(O)O. The van der Waals surface area contributed by atoms with Gasteiger partial charge in [0.1, 0.15) is 11.8 Å². The average molecular weight is 505 g/mol. The van der Waals surface area contributed by atoms with Gasteiger partial charge in [-0.3, -0.25) is 4.57 Å². The third-order valence-corrected chi connectivity index (χ3v) is 8.32. The Morgan fingerprint density at radius 3 is 2.32 bits per heavy atom. The van der Waals surface area contributed by atoms with Crippen molar-refractivity contribution in [2.75, 3.05) is 24.3 Å². The number of amides is 2. The number of hydrogen-bond acceptors (Lipinski definition) is 4. The van der Waals surface area contributed by atoms with Crippen molar-refractivity contribution in [2.24, 2.45) is 0 Å². The zero-order valence-corrected chi connectivity index (χ0v) is 20.9. The van der Waals surface area contributed by atoms with E-state index in [2.05, 4.69) is 12.1 Å². The number of urea groups is 1. The Kier molecular flexibility index (Phi) is 10.1. The second kappa shape index (κ2) is 13.0. The fraction of sp³-hybridized carbons (Fsp3) is 0.400. The van der Waals surface area contributed by atoms with Crippen molar-refractivity contribution in [2.45, 2.75) is 38.3 Å². The first-order valence-electron chi connectivity index (χ1n) is 11.5. The van der Waals surface area contributed by atoms with Gasteiger partial charge < -0.3 is 24.7 Å². The van der Waals surface area contributed by atoms with Crippen molar-refractivity contribution < 1.29 is 24.3 Å². The largest absolute Gasteiger partial charge is 0.510 e. The molecule has 2 amide bonds. The van der Waals surface area contributed by atoms with E-state index in [0.717, 1.165) is 18.4 Å². The molecule has 7 nitrogen and oxygen atoms in total. The Balaban J connectivity index is 1.60. The Bertz CT molecular complexity index is 983. The number of carbonyl (C=O) groups excluding carboxylic acids is 1. The summed E-state index contributed by atoms with van der Waals surface area (Å²) in [7, 11) is -3.99. The summed E-state index contributed by atoms with van der Waals surface area (Å²) in [6, 6.07) is 19.4. The minimum atomic E-state index is -3.99. The molecule has 3 rings (SSSR count). The lowest BCUT2D eigenvalue weighted by Gasteiger charge is -2.23. The molecule has 0 bridgehead atoms. The van der Waals surface area contributed by atoms with Crippen LogP contribution in [0, 0.1) is 0 Å². The standard InChI is InChI=1S/C25H33N2O5PS/c28-24(15-9-14-21-10-3-1-4-11-21)23-19-26(18-22-12-5-2-6-13-22)25(29)27(23)16-7-8-17-34-20-33(30,31)32/h1-6,10-13,15,23,28H,7-9,14,16-20H2,(H2,30,31,32)/t23-/m0/s1. The number of hydrogen-bond donors (Lipinski definition) is 3. The predicted octanol–water partition coefficient (Wildman–Crippen LogP) is 5.02. The molecular weight excluding hydrogens is 471 g/mol. The minimum absolute atomic E-state index is 0.0975. The monoisotopic (exact) mass is 504 g/mol. The molecule has 1 aliphatic rings. The van der Waals surface area contributed by atoms with E-state index in [0.29, 0.717) is 38.2 Å². The smallest absolute Gasteiger partial charge is 0.335 e. The summed E-state index contributed by atoms with van der Waals surface area (Å²) in [6.07, 6.45) is 4.76. The fourth-order valence-electron chi connectivity index (χ4n) is 3.98. The summed E-state index contributed by atoms with van der Waals surface area (Å²) in [6.45, 7) is 1.40. The van der Waals surface area contributed by atoms with Gasteiger partial charge in [-0.05, 0) is 48.6 Å². The summed E-state index contributed by atoms with van der Waals surface area (Å²) in [5.74, 6) is 0.834. The maximum Gasteiger partial charge on any atom is 0.335 e. The highest BCUT2D eigenvalue weighted by molar-refractivity contribution is 8.04. The average Bonchev–Trinajstić information content (AvgIpc) is 3.12. The van der Waals surface area contributed by atoms with Crippen molar-refractivity contribution in [3.05, 3.63) is 83.6 Å². The van der Waals surface area contributed by atoms with E-state index < -0.39 is 13.6 Å². The molecule has 34 heavy (non-hydrogen) atoms.